The largest absolute Gasteiger partial charge is 0.387 e. The van der Waals surface area contributed by atoms with Gasteiger partial charge >= 0.3 is 0 Å². The van der Waals surface area contributed by atoms with E-state index in [4.69, 9.17) is 0 Å². The number of rotatable bonds is 5. The maximum absolute atomic E-state index is 11.7. The van der Waals surface area contributed by atoms with E-state index in [-0.39, 0.29) is 12.5 Å². The van der Waals surface area contributed by atoms with Crippen molar-refractivity contribution in [3.8, 4) is 0 Å². The smallest absolute Gasteiger partial charge is 0.252 e. The van der Waals surface area contributed by atoms with Crippen LogP contribution in [0.3, 0.4) is 0 Å². The van der Waals surface area contributed by atoms with Crippen molar-refractivity contribution in [1.82, 2.24) is 10.3 Å². The lowest BCUT2D eigenvalue weighted by molar-refractivity contribution is 0.0725. The molecule has 94 valence electrons. The minimum Gasteiger partial charge on any atom is -0.387 e. The van der Waals surface area contributed by atoms with Gasteiger partial charge in [-0.3, -0.25) is 9.78 Å². The maximum atomic E-state index is 11.7. The van der Waals surface area contributed by atoms with Crippen molar-refractivity contribution in [2.24, 2.45) is 0 Å². The second-order valence-electron chi connectivity index (χ2n) is 4.30. The van der Waals surface area contributed by atoms with Gasteiger partial charge in [-0.15, -0.1) is 0 Å². The number of nitrogens with one attached hydrogen (secondary N) is 1. The van der Waals surface area contributed by atoms with Crippen LogP contribution in [0.25, 0.3) is 0 Å². The summed E-state index contributed by atoms with van der Waals surface area (Å²) in [5, 5.41) is 12.6. The predicted octanol–water partition coefficient (Wildman–Crippen LogP) is 1.23. The van der Waals surface area contributed by atoms with Gasteiger partial charge in [-0.05, 0) is 32.2 Å². The molecular formula is C12H18N2O2S. The quantitative estimate of drug-likeness (QED) is 0.829. The van der Waals surface area contributed by atoms with Crippen LogP contribution in [0.15, 0.2) is 18.3 Å². The van der Waals surface area contributed by atoms with Gasteiger partial charge in [0.2, 0.25) is 0 Å². The molecule has 4 nitrogen and oxygen atoms in total. The molecule has 0 radical (unpaired) electrons. The molecule has 0 fully saturated rings. The fraction of sp³-hybridized carbons (Fsp3) is 0.500. The molecule has 1 amide bonds. The summed E-state index contributed by atoms with van der Waals surface area (Å²) in [5.41, 5.74) is 0.499. The number of hydrogen-bond acceptors (Lipinski definition) is 4. The molecule has 0 aliphatic carbocycles. The van der Waals surface area contributed by atoms with Crippen LogP contribution in [0.1, 0.15) is 23.0 Å². The summed E-state index contributed by atoms with van der Waals surface area (Å²) in [4.78, 5) is 15.8. The van der Waals surface area contributed by atoms with Gasteiger partial charge in [-0.25, -0.2) is 0 Å². The van der Waals surface area contributed by atoms with Crippen LogP contribution >= 0.6 is 11.8 Å². The van der Waals surface area contributed by atoms with E-state index in [2.05, 4.69) is 10.3 Å². The first kappa shape index (κ1) is 14.0. The molecule has 0 bridgehead atoms. The number of aliphatic hydroxyl groups is 1. The molecule has 1 unspecified atom stereocenters. The Bertz CT molecular complexity index is 377. The lowest BCUT2D eigenvalue weighted by Gasteiger charge is -2.22. The molecule has 0 aromatic carbocycles. The summed E-state index contributed by atoms with van der Waals surface area (Å²) in [7, 11) is 0. The van der Waals surface area contributed by atoms with Crippen molar-refractivity contribution in [2.45, 2.75) is 19.4 Å². The van der Waals surface area contributed by atoms with E-state index in [9.17, 15) is 9.90 Å². The van der Waals surface area contributed by atoms with Crippen molar-refractivity contribution in [2.75, 3.05) is 18.6 Å². The second-order valence-corrected chi connectivity index (χ2v) is 5.17. The third-order valence-electron chi connectivity index (χ3n) is 2.26. The molecule has 0 aliphatic heterocycles. The lowest BCUT2D eigenvalue weighted by Crippen LogP contribution is -2.42. The van der Waals surface area contributed by atoms with Crippen LogP contribution in [0, 0.1) is 6.92 Å². The summed E-state index contributed by atoms with van der Waals surface area (Å²) in [6.07, 6.45) is 3.45. The lowest BCUT2D eigenvalue weighted by atomic mass is 10.1. The Labute approximate surface area is 106 Å². The minimum absolute atomic E-state index is 0.209. The third-order valence-corrected chi connectivity index (χ3v) is 3.17. The van der Waals surface area contributed by atoms with Gasteiger partial charge < -0.3 is 10.4 Å². The molecule has 1 aromatic heterocycles. The molecule has 1 atom stereocenters. The van der Waals surface area contributed by atoms with E-state index in [1.54, 1.807) is 30.8 Å². The van der Waals surface area contributed by atoms with E-state index < -0.39 is 5.60 Å². The Morgan fingerprint density at radius 3 is 2.82 bits per heavy atom. The zero-order valence-electron chi connectivity index (χ0n) is 10.4. The second kappa shape index (κ2) is 6.02. The van der Waals surface area contributed by atoms with Crippen LogP contribution in [-0.2, 0) is 0 Å². The van der Waals surface area contributed by atoms with Gasteiger partial charge in [0.25, 0.3) is 5.91 Å². The summed E-state index contributed by atoms with van der Waals surface area (Å²) in [6, 6.07) is 3.51. The monoisotopic (exact) mass is 254 g/mol. The molecule has 1 rings (SSSR count). The minimum atomic E-state index is -0.882. The number of amides is 1. The van der Waals surface area contributed by atoms with Crippen molar-refractivity contribution >= 4 is 17.7 Å². The first-order valence-electron chi connectivity index (χ1n) is 5.37. The van der Waals surface area contributed by atoms with Gasteiger partial charge in [0.1, 0.15) is 0 Å². The maximum Gasteiger partial charge on any atom is 0.252 e. The number of carbonyl (C=O) groups excluding carboxylic acids is 1. The highest BCUT2D eigenvalue weighted by Crippen LogP contribution is 2.09. The summed E-state index contributed by atoms with van der Waals surface area (Å²) in [5.74, 6) is 0.373. The molecule has 0 aliphatic rings. The number of hydrogen-bond donors (Lipinski definition) is 2. The first-order valence-corrected chi connectivity index (χ1v) is 6.76. The Kier molecular flexibility index (Phi) is 4.96. The SMILES string of the molecule is CSCC(C)(O)CNC(=O)c1ccc(C)nc1. The molecule has 1 aromatic rings. The number of aromatic nitrogens is 1. The van der Waals surface area contributed by atoms with E-state index >= 15 is 0 Å². The van der Waals surface area contributed by atoms with Crippen molar-refractivity contribution in [3.05, 3.63) is 29.6 Å². The molecule has 0 saturated heterocycles. The Hall–Kier alpha value is -1.07. The summed E-state index contributed by atoms with van der Waals surface area (Å²) < 4.78 is 0. The molecule has 17 heavy (non-hydrogen) atoms. The van der Waals surface area contributed by atoms with Crippen LogP contribution in [-0.4, -0.2) is 40.2 Å². The van der Waals surface area contributed by atoms with Crippen LogP contribution in [0.4, 0.5) is 0 Å². The number of thioether (sulfide) groups is 1. The fourth-order valence-electron chi connectivity index (χ4n) is 1.34. The highest BCUT2D eigenvalue weighted by molar-refractivity contribution is 7.98. The highest BCUT2D eigenvalue weighted by atomic mass is 32.2. The van der Waals surface area contributed by atoms with Crippen molar-refractivity contribution in [3.63, 3.8) is 0 Å². The first-order chi connectivity index (χ1) is 7.94. The van der Waals surface area contributed by atoms with Gasteiger partial charge in [0.05, 0.1) is 11.2 Å². The summed E-state index contributed by atoms with van der Waals surface area (Å²) >= 11 is 1.54. The van der Waals surface area contributed by atoms with E-state index in [1.807, 2.05) is 13.2 Å². The zero-order valence-corrected chi connectivity index (χ0v) is 11.2. The molecule has 2 N–H and O–H groups in total. The molecule has 1 heterocycles. The van der Waals surface area contributed by atoms with Gasteiger partial charge in [-0.1, -0.05) is 0 Å². The normalized spacial score (nSPS) is 14.1. The van der Waals surface area contributed by atoms with Gasteiger partial charge in [-0.2, -0.15) is 11.8 Å². The van der Waals surface area contributed by atoms with Crippen LogP contribution in [0.2, 0.25) is 0 Å². The standard InChI is InChI=1S/C12H18N2O2S/c1-9-4-5-10(6-13-9)11(15)14-7-12(2,16)8-17-3/h4-6,16H,7-8H2,1-3H3,(H,14,15). The average molecular weight is 254 g/mol. The van der Waals surface area contributed by atoms with E-state index in [0.29, 0.717) is 11.3 Å². The van der Waals surface area contributed by atoms with Crippen molar-refractivity contribution in [1.29, 1.82) is 0 Å². The molecule has 0 spiro atoms. The van der Waals surface area contributed by atoms with Crippen LogP contribution < -0.4 is 5.32 Å². The number of pyridine rings is 1. The van der Waals surface area contributed by atoms with Gasteiger partial charge in [0, 0.05) is 24.2 Å². The Balaban J connectivity index is 2.53. The molecule has 5 heteroatoms. The molecule has 0 saturated carbocycles. The number of nitrogens with zero attached hydrogens (tertiary/aromatic N) is 1. The highest BCUT2D eigenvalue weighted by Gasteiger charge is 2.20. The Morgan fingerprint density at radius 2 is 2.29 bits per heavy atom. The van der Waals surface area contributed by atoms with E-state index in [1.165, 1.54) is 6.20 Å². The van der Waals surface area contributed by atoms with Gasteiger partial charge in [0.15, 0.2) is 0 Å². The topological polar surface area (TPSA) is 62.2 Å². The summed E-state index contributed by atoms with van der Waals surface area (Å²) in [6.45, 7) is 3.81. The average Bonchev–Trinajstić information content (AvgIpc) is 2.27. The van der Waals surface area contributed by atoms with E-state index in [0.717, 1.165) is 5.69 Å². The predicted molar refractivity (Wildman–Crippen MR) is 70.3 cm³/mol. The Morgan fingerprint density at radius 1 is 1.59 bits per heavy atom. The third kappa shape index (κ3) is 4.75. The number of aryl methyl sites for hydroxylation is 1. The van der Waals surface area contributed by atoms with Crippen molar-refractivity contribution < 1.29 is 9.90 Å². The molecular weight excluding hydrogens is 236 g/mol. The van der Waals surface area contributed by atoms with Crippen LogP contribution in [0.5, 0.6) is 0 Å². The number of carbonyl (C=O) groups is 1. The fourth-order valence-corrected chi connectivity index (χ4v) is 2.06. The zero-order chi connectivity index (χ0) is 12.9.